The predicted molar refractivity (Wildman–Crippen MR) is 105 cm³/mol. The number of nitrogens with zero attached hydrogens (tertiary/aromatic N) is 1. The van der Waals surface area contributed by atoms with Gasteiger partial charge in [0, 0.05) is 5.69 Å². The molecule has 1 heterocycles. The Balaban J connectivity index is 1.45. The van der Waals surface area contributed by atoms with Crippen molar-refractivity contribution in [3.63, 3.8) is 0 Å². The largest absolute Gasteiger partial charge is 0.494 e. The molecule has 0 bridgehead atoms. The molecule has 0 atom stereocenters. The van der Waals surface area contributed by atoms with Crippen molar-refractivity contribution >= 4 is 34.5 Å². The van der Waals surface area contributed by atoms with Crippen LogP contribution < -0.4 is 10.1 Å². The molecule has 2 aromatic carbocycles. The first kappa shape index (κ1) is 18.3. The molecule has 0 saturated heterocycles. The van der Waals surface area contributed by atoms with Crippen molar-refractivity contribution < 1.29 is 13.9 Å². The molecule has 1 amide bonds. The zero-order valence-electron chi connectivity index (χ0n) is 14.7. The van der Waals surface area contributed by atoms with E-state index in [1.165, 1.54) is 24.6 Å². The van der Waals surface area contributed by atoms with Gasteiger partial charge in [-0.05, 0) is 42.8 Å². The van der Waals surface area contributed by atoms with Crippen LogP contribution >= 0.6 is 11.8 Å². The number of anilines is 1. The number of nitrogens with one attached hydrogen (secondary N) is 1. The van der Waals surface area contributed by atoms with Gasteiger partial charge >= 0.3 is 0 Å². The van der Waals surface area contributed by atoms with Gasteiger partial charge in [-0.2, -0.15) is 0 Å². The maximum Gasteiger partial charge on any atom is 0.257 e. The van der Waals surface area contributed by atoms with Gasteiger partial charge in [0.1, 0.15) is 11.3 Å². The lowest BCUT2D eigenvalue weighted by atomic mass is 10.2. The van der Waals surface area contributed by atoms with Crippen molar-refractivity contribution in [2.45, 2.75) is 31.4 Å². The Morgan fingerprint density at radius 2 is 1.96 bits per heavy atom. The van der Waals surface area contributed by atoms with Crippen LogP contribution in [0.25, 0.3) is 11.1 Å². The third kappa shape index (κ3) is 5.26. The number of carbonyl (C=O) groups is 1. The van der Waals surface area contributed by atoms with Gasteiger partial charge in [0.15, 0.2) is 5.58 Å². The Labute approximate surface area is 157 Å². The highest BCUT2D eigenvalue weighted by atomic mass is 32.2. The summed E-state index contributed by atoms with van der Waals surface area (Å²) in [5.74, 6) is 0.955. The summed E-state index contributed by atoms with van der Waals surface area (Å²) in [7, 11) is 0. The monoisotopic (exact) mass is 370 g/mol. The number of para-hydroxylation sites is 2. The minimum absolute atomic E-state index is 0.103. The third-order valence-corrected chi connectivity index (χ3v) is 4.58. The van der Waals surface area contributed by atoms with Gasteiger partial charge in [0.2, 0.25) is 5.91 Å². The van der Waals surface area contributed by atoms with Crippen LogP contribution in [-0.2, 0) is 4.79 Å². The van der Waals surface area contributed by atoms with Gasteiger partial charge in [0.05, 0.1) is 12.4 Å². The molecular formula is C20H22N2O3S. The summed E-state index contributed by atoms with van der Waals surface area (Å²) in [5, 5.41) is 3.36. The highest BCUT2D eigenvalue weighted by molar-refractivity contribution is 7.99. The number of ether oxygens (including phenoxy) is 1. The molecule has 0 aliphatic rings. The van der Waals surface area contributed by atoms with Gasteiger partial charge in [-0.15, -0.1) is 0 Å². The number of rotatable bonds is 9. The molecule has 26 heavy (non-hydrogen) atoms. The number of hydrogen-bond donors (Lipinski definition) is 1. The van der Waals surface area contributed by atoms with Gasteiger partial charge in [-0.25, -0.2) is 4.98 Å². The lowest BCUT2D eigenvalue weighted by Crippen LogP contribution is -2.13. The fourth-order valence-corrected chi connectivity index (χ4v) is 3.05. The second-order valence-electron chi connectivity index (χ2n) is 5.86. The lowest BCUT2D eigenvalue weighted by Gasteiger charge is -2.08. The van der Waals surface area contributed by atoms with Crippen LogP contribution in [0.15, 0.2) is 58.2 Å². The van der Waals surface area contributed by atoms with Crippen LogP contribution in [0.4, 0.5) is 5.69 Å². The Bertz CT molecular complexity index is 813. The molecule has 0 spiro atoms. The van der Waals surface area contributed by atoms with Crippen molar-refractivity contribution in [3.8, 4) is 5.75 Å². The van der Waals surface area contributed by atoms with Crippen LogP contribution in [0.5, 0.6) is 5.75 Å². The van der Waals surface area contributed by atoms with E-state index < -0.39 is 0 Å². The standard InChI is InChI=1S/C20H22N2O3S/c1-2-3-6-13-24-16-11-9-15(10-12-16)21-19(23)14-26-20-22-17-7-4-5-8-18(17)25-20/h4-5,7-12H,2-3,6,13-14H2,1H3,(H,21,23). The van der Waals surface area contributed by atoms with Crippen molar-refractivity contribution in [1.82, 2.24) is 4.98 Å². The second kappa shape index (κ2) is 9.29. The highest BCUT2D eigenvalue weighted by Crippen LogP contribution is 2.23. The Hall–Kier alpha value is -2.47. The molecule has 0 aliphatic carbocycles. The number of unbranched alkanes of at least 4 members (excludes halogenated alkanes) is 2. The number of aromatic nitrogens is 1. The molecule has 6 heteroatoms. The summed E-state index contributed by atoms with van der Waals surface area (Å²) in [6, 6.07) is 15.0. The van der Waals surface area contributed by atoms with Crippen LogP contribution in [0.3, 0.4) is 0 Å². The zero-order chi connectivity index (χ0) is 18.2. The van der Waals surface area contributed by atoms with E-state index in [4.69, 9.17) is 9.15 Å². The Kier molecular flexibility index (Phi) is 6.55. The zero-order valence-corrected chi connectivity index (χ0v) is 15.6. The molecule has 0 saturated carbocycles. The van der Waals surface area contributed by atoms with E-state index in [-0.39, 0.29) is 11.7 Å². The van der Waals surface area contributed by atoms with E-state index in [1.807, 2.05) is 48.5 Å². The van der Waals surface area contributed by atoms with Gasteiger partial charge < -0.3 is 14.5 Å². The summed E-state index contributed by atoms with van der Waals surface area (Å²) >= 11 is 1.28. The van der Waals surface area contributed by atoms with E-state index >= 15 is 0 Å². The highest BCUT2D eigenvalue weighted by Gasteiger charge is 2.09. The van der Waals surface area contributed by atoms with Crippen LogP contribution in [0.1, 0.15) is 26.2 Å². The molecule has 1 aromatic heterocycles. The fraction of sp³-hybridized carbons (Fsp3) is 0.300. The van der Waals surface area contributed by atoms with E-state index in [0.29, 0.717) is 5.22 Å². The number of fused-ring (bicyclic) bond motifs is 1. The first-order valence-corrected chi connectivity index (χ1v) is 9.74. The molecule has 3 aromatic rings. The number of benzene rings is 2. The predicted octanol–water partition coefficient (Wildman–Crippen LogP) is 5.13. The SMILES string of the molecule is CCCCCOc1ccc(NC(=O)CSc2nc3ccccc3o2)cc1. The lowest BCUT2D eigenvalue weighted by molar-refractivity contribution is -0.113. The Morgan fingerprint density at radius 1 is 1.15 bits per heavy atom. The normalized spacial score (nSPS) is 10.8. The molecule has 5 nitrogen and oxygen atoms in total. The molecule has 0 unspecified atom stereocenters. The molecule has 0 fully saturated rings. The number of thioether (sulfide) groups is 1. The maximum absolute atomic E-state index is 12.1. The summed E-state index contributed by atoms with van der Waals surface area (Å²) < 4.78 is 11.3. The van der Waals surface area contributed by atoms with Crippen molar-refractivity contribution in [2.24, 2.45) is 0 Å². The van der Waals surface area contributed by atoms with Gasteiger partial charge in [0.25, 0.3) is 5.22 Å². The van der Waals surface area contributed by atoms with E-state index in [0.717, 1.165) is 35.6 Å². The Morgan fingerprint density at radius 3 is 2.73 bits per heavy atom. The number of carbonyl (C=O) groups excluding carboxylic acids is 1. The van der Waals surface area contributed by atoms with E-state index in [1.54, 1.807) is 0 Å². The first-order valence-electron chi connectivity index (χ1n) is 8.75. The van der Waals surface area contributed by atoms with Crippen LogP contribution in [0.2, 0.25) is 0 Å². The number of hydrogen-bond acceptors (Lipinski definition) is 5. The van der Waals surface area contributed by atoms with E-state index in [2.05, 4.69) is 17.2 Å². The minimum Gasteiger partial charge on any atom is -0.494 e. The minimum atomic E-state index is -0.103. The molecule has 3 rings (SSSR count). The molecular weight excluding hydrogens is 348 g/mol. The third-order valence-electron chi connectivity index (χ3n) is 3.76. The summed E-state index contributed by atoms with van der Waals surface area (Å²) in [6.45, 7) is 2.89. The summed E-state index contributed by atoms with van der Waals surface area (Å²) in [5.41, 5.74) is 2.27. The van der Waals surface area contributed by atoms with Gasteiger partial charge in [-0.3, -0.25) is 4.79 Å². The maximum atomic E-state index is 12.1. The van der Waals surface area contributed by atoms with Crippen LogP contribution in [0, 0.1) is 0 Å². The average Bonchev–Trinajstić information content (AvgIpc) is 3.08. The number of oxazole rings is 1. The van der Waals surface area contributed by atoms with Crippen molar-refractivity contribution in [2.75, 3.05) is 17.7 Å². The fourth-order valence-electron chi connectivity index (χ4n) is 2.41. The second-order valence-corrected chi connectivity index (χ2v) is 6.79. The van der Waals surface area contributed by atoms with Gasteiger partial charge in [-0.1, -0.05) is 43.7 Å². The first-order chi connectivity index (χ1) is 12.7. The van der Waals surface area contributed by atoms with Crippen molar-refractivity contribution in [1.29, 1.82) is 0 Å². The number of amides is 1. The molecule has 0 aliphatic heterocycles. The summed E-state index contributed by atoms with van der Waals surface area (Å²) in [6.07, 6.45) is 3.41. The topological polar surface area (TPSA) is 64.4 Å². The molecule has 136 valence electrons. The van der Waals surface area contributed by atoms with Crippen molar-refractivity contribution in [3.05, 3.63) is 48.5 Å². The van der Waals surface area contributed by atoms with Crippen LogP contribution in [-0.4, -0.2) is 23.3 Å². The smallest absolute Gasteiger partial charge is 0.257 e. The molecule has 1 N–H and O–H groups in total. The summed E-state index contributed by atoms with van der Waals surface area (Å²) in [4.78, 5) is 16.4. The van der Waals surface area contributed by atoms with E-state index in [9.17, 15) is 4.79 Å². The average molecular weight is 370 g/mol. The molecule has 0 radical (unpaired) electrons. The quantitative estimate of drug-likeness (QED) is 0.418.